The third kappa shape index (κ3) is 3.79. The molecule has 0 heterocycles. The monoisotopic (exact) mass is 282 g/mol. The Morgan fingerprint density at radius 3 is 1.94 bits per heavy atom. The van der Waals surface area contributed by atoms with Crippen LogP contribution in [0, 0.1) is 0 Å². The van der Waals surface area contributed by atoms with Crippen molar-refractivity contribution in [1.29, 1.82) is 0 Å². The van der Waals surface area contributed by atoms with Gasteiger partial charge in [-0.1, -0.05) is 0 Å². The molecule has 0 aromatic rings. The van der Waals surface area contributed by atoms with Gasteiger partial charge in [-0.15, -0.1) is 0 Å². The van der Waals surface area contributed by atoms with Gasteiger partial charge in [0.05, 0.1) is 19.8 Å². The average molecular weight is 282 g/mol. The van der Waals surface area contributed by atoms with Crippen molar-refractivity contribution >= 4 is 13.6 Å². The van der Waals surface area contributed by atoms with Crippen molar-refractivity contribution in [1.82, 2.24) is 0 Å². The van der Waals surface area contributed by atoms with Crippen molar-refractivity contribution < 1.29 is 28.3 Å². The first-order valence-electron chi connectivity index (χ1n) is 6.00. The molecule has 0 saturated heterocycles. The van der Waals surface area contributed by atoms with Crippen LogP contribution >= 0.6 is 7.60 Å². The van der Waals surface area contributed by atoms with E-state index in [9.17, 15) is 14.5 Å². The minimum atomic E-state index is -3.61. The number of hydrogen-bond acceptors (Lipinski definition) is 6. The zero-order chi connectivity index (χ0) is 14.4. The molecule has 1 unspecified atom stereocenters. The molecule has 1 atom stereocenters. The largest absolute Gasteiger partial charge is 0.464 e. The van der Waals surface area contributed by atoms with Crippen LogP contribution in [-0.4, -0.2) is 42.2 Å². The Bertz CT molecular complexity index is 305. The molecule has 108 valence electrons. The summed E-state index contributed by atoms with van der Waals surface area (Å²) in [4.78, 5) is 11.5. The molecule has 1 N–H and O–H groups in total. The number of rotatable bonds is 8. The summed E-state index contributed by atoms with van der Waals surface area (Å²) in [6.07, 6.45) is -1.57. The van der Waals surface area contributed by atoms with E-state index in [0.29, 0.717) is 0 Å². The quantitative estimate of drug-likeness (QED) is 0.541. The first-order chi connectivity index (χ1) is 8.26. The molecular weight excluding hydrogens is 259 g/mol. The van der Waals surface area contributed by atoms with E-state index in [2.05, 4.69) is 0 Å². The summed E-state index contributed by atoms with van der Waals surface area (Å²) in [5.41, 5.74) is 0. The van der Waals surface area contributed by atoms with Gasteiger partial charge in [-0.05, 0) is 34.6 Å². The van der Waals surface area contributed by atoms with Crippen LogP contribution in [0.1, 0.15) is 34.6 Å². The molecule has 0 bridgehead atoms. The number of hydrogen-bond donors (Lipinski definition) is 1. The summed E-state index contributed by atoms with van der Waals surface area (Å²) in [7, 11) is -3.61. The molecule has 0 aliphatic rings. The van der Waals surface area contributed by atoms with Crippen LogP contribution in [0.3, 0.4) is 0 Å². The highest BCUT2D eigenvalue weighted by molar-refractivity contribution is 7.55. The summed E-state index contributed by atoms with van der Waals surface area (Å²) in [6.45, 7) is 8.34. The second-order valence-electron chi connectivity index (χ2n) is 4.14. The van der Waals surface area contributed by atoms with E-state index in [1.165, 1.54) is 13.8 Å². The lowest BCUT2D eigenvalue weighted by Crippen LogP contribution is -2.44. The van der Waals surface area contributed by atoms with Gasteiger partial charge in [-0.2, -0.15) is 0 Å². The zero-order valence-corrected chi connectivity index (χ0v) is 12.5. The van der Waals surface area contributed by atoms with Crippen molar-refractivity contribution in [3.63, 3.8) is 0 Å². The number of esters is 1. The molecule has 0 amide bonds. The van der Waals surface area contributed by atoms with Gasteiger partial charge in [-0.25, -0.2) is 4.79 Å². The summed E-state index contributed by atoms with van der Waals surface area (Å²) >= 11 is 0. The van der Waals surface area contributed by atoms with E-state index in [0.717, 1.165) is 0 Å². The standard InChI is InChI=1S/C11H23O6P/c1-6-15-10(13)9(12)11(4,5)18(14,16-7-2)17-8-3/h9,12H,6-8H2,1-5H3. The minimum Gasteiger partial charge on any atom is -0.464 e. The van der Waals surface area contributed by atoms with Gasteiger partial charge in [0, 0.05) is 0 Å². The van der Waals surface area contributed by atoms with Crippen LogP contribution in [0.25, 0.3) is 0 Å². The zero-order valence-electron chi connectivity index (χ0n) is 11.6. The third-order valence-corrected chi connectivity index (χ3v) is 5.34. The van der Waals surface area contributed by atoms with E-state index in [1.807, 2.05) is 0 Å². The SMILES string of the molecule is CCOC(=O)C(O)C(C)(C)P(=O)(OCC)OCC. The number of aliphatic hydroxyl groups is 1. The van der Waals surface area contributed by atoms with Crippen LogP contribution < -0.4 is 0 Å². The molecular formula is C11H23O6P. The summed E-state index contributed by atoms with van der Waals surface area (Å²) in [5, 5.41) is 8.59. The van der Waals surface area contributed by atoms with Crippen LogP contribution in [-0.2, 0) is 23.1 Å². The van der Waals surface area contributed by atoms with E-state index in [-0.39, 0.29) is 19.8 Å². The van der Waals surface area contributed by atoms with Gasteiger partial charge < -0.3 is 18.9 Å². The highest BCUT2D eigenvalue weighted by atomic mass is 31.2. The highest BCUT2D eigenvalue weighted by Gasteiger charge is 2.51. The van der Waals surface area contributed by atoms with Crippen molar-refractivity contribution in [3.05, 3.63) is 0 Å². The summed E-state index contributed by atoms with van der Waals surface area (Å²) < 4.78 is 27.6. The Morgan fingerprint density at radius 1 is 1.17 bits per heavy atom. The van der Waals surface area contributed by atoms with E-state index >= 15 is 0 Å². The molecule has 18 heavy (non-hydrogen) atoms. The third-order valence-electron chi connectivity index (χ3n) is 2.48. The molecule has 6 nitrogen and oxygen atoms in total. The molecule has 7 heteroatoms. The maximum Gasteiger partial charge on any atom is 0.339 e. The maximum absolute atomic E-state index is 12.6. The predicted molar refractivity (Wildman–Crippen MR) is 67.6 cm³/mol. The first-order valence-corrected chi connectivity index (χ1v) is 7.55. The van der Waals surface area contributed by atoms with Gasteiger partial charge in [0.25, 0.3) is 0 Å². The number of ether oxygens (including phenoxy) is 1. The van der Waals surface area contributed by atoms with Crippen molar-refractivity contribution in [2.45, 2.75) is 45.9 Å². The van der Waals surface area contributed by atoms with Crippen LogP contribution in [0.5, 0.6) is 0 Å². The molecule has 0 radical (unpaired) electrons. The molecule has 0 aromatic carbocycles. The number of carbonyl (C=O) groups excluding carboxylic acids is 1. The predicted octanol–water partition coefficient (Wildman–Crippen LogP) is 1.96. The normalized spacial score (nSPS) is 14.3. The molecule has 0 saturated carbocycles. The van der Waals surface area contributed by atoms with E-state index < -0.39 is 24.8 Å². The fourth-order valence-electron chi connectivity index (χ4n) is 1.37. The molecule has 0 spiro atoms. The number of carbonyl (C=O) groups is 1. The van der Waals surface area contributed by atoms with Crippen LogP contribution in [0.15, 0.2) is 0 Å². The van der Waals surface area contributed by atoms with Crippen molar-refractivity contribution in [2.24, 2.45) is 0 Å². The highest BCUT2D eigenvalue weighted by Crippen LogP contribution is 2.61. The van der Waals surface area contributed by atoms with Gasteiger partial charge in [0.15, 0.2) is 6.10 Å². The molecule has 0 aliphatic heterocycles. The fourth-order valence-corrected chi connectivity index (χ4v) is 3.19. The van der Waals surface area contributed by atoms with Crippen molar-refractivity contribution in [3.8, 4) is 0 Å². The van der Waals surface area contributed by atoms with Gasteiger partial charge in [0.1, 0.15) is 5.16 Å². The number of aliphatic hydroxyl groups excluding tert-OH is 1. The Morgan fingerprint density at radius 2 is 1.61 bits per heavy atom. The topological polar surface area (TPSA) is 82.1 Å². The molecule has 0 rings (SSSR count). The van der Waals surface area contributed by atoms with E-state index in [1.54, 1.807) is 20.8 Å². The second kappa shape index (κ2) is 7.24. The molecule has 0 fully saturated rings. The van der Waals surface area contributed by atoms with Gasteiger partial charge in [0.2, 0.25) is 0 Å². The molecule has 0 aromatic heterocycles. The van der Waals surface area contributed by atoms with Crippen LogP contribution in [0.2, 0.25) is 0 Å². The fraction of sp³-hybridized carbons (Fsp3) is 0.909. The Labute approximate surface area is 108 Å². The molecule has 0 aliphatic carbocycles. The second-order valence-corrected chi connectivity index (χ2v) is 6.81. The summed E-state index contributed by atoms with van der Waals surface area (Å²) in [5.74, 6) is -0.831. The van der Waals surface area contributed by atoms with E-state index in [4.69, 9.17) is 13.8 Å². The van der Waals surface area contributed by atoms with Gasteiger partial charge in [-0.3, -0.25) is 4.57 Å². The average Bonchev–Trinajstić information content (AvgIpc) is 2.28. The first kappa shape index (κ1) is 17.6. The van der Waals surface area contributed by atoms with Gasteiger partial charge >= 0.3 is 13.6 Å². The lowest BCUT2D eigenvalue weighted by atomic mass is 10.1. The summed E-state index contributed by atoms with van der Waals surface area (Å²) in [6, 6.07) is 0. The Hall–Kier alpha value is -0.420. The smallest absolute Gasteiger partial charge is 0.339 e. The maximum atomic E-state index is 12.6. The lowest BCUT2D eigenvalue weighted by Gasteiger charge is -2.35. The van der Waals surface area contributed by atoms with Crippen molar-refractivity contribution in [2.75, 3.05) is 19.8 Å². The lowest BCUT2D eigenvalue weighted by molar-refractivity contribution is -0.154. The minimum absolute atomic E-state index is 0.138. The Kier molecular flexibility index (Phi) is 7.07. The van der Waals surface area contributed by atoms with Crippen LogP contribution in [0.4, 0.5) is 0 Å². The Balaban J connectivity index is 5.16.